The van der Waals surface area contributed by atoms with E-state index in [-0.39, 0.29) is 23.5 Å². The highest BCUT2D eigenvalue weighted by Gasteiger charge is 2.43. The third-order valence-corrected chi connectivity index (χ3v) is 4.07. The zero-order valence-electron chi connectivity index (χ0n) is 15.5. The second-order valence-corrected chi connectivity index (χ2v) is 5.23. The highest BCUT2D eigenvalue weighted by atomic mass is 16.5. The van der Waals surface area contributed by atoms with Crippen molar-refractivity contribution in [2.45, 2.75) is 66.4 Å². The quantitative estimate of drug-likeness (QED) is 0.652. The van der Waals surface area contributed by atoms with Crippen LogP contribution in [0.4, 0.5) is 5.82 Å². The van der Waals surface area contributed by atoms with Crippen LogP contribution in [-0.2, 0) is 4.74 Å². The van der Waals surface area contributed by atoms with Crippen LogP contribution in [0.25, 0.3) is 0 Å². The second kappa shape index (κ2) is 8.89. The summed E-state index contributed by atoms with van der Waals surface area (Å²) in [6, 6.07) is 0. The third kappa shape index (κ3) is 3.49. The summed E-state index contributed by atoms with van der Waals surface area (Å²) in [5, 5.41) is 13.3. The predicted octanol–water partition coefficient (Wildman–Crippen LogP) is 1.62. The number of nitrogens with two attached hydrogens (primary N) is 1. The van der Waals surface area contributed by atoms with Crippen molar-refractivity contribution in [3.05, 3.63) is 16.2 Å². The number of hydrogen-bond donors (Lipinski definition) is 4. The number of hydrogen-bond acceptors (Lipinski definition) is 6. The number of aromatic nitrogens is 2. The fraction of sp³-hybridized carbons (Fsp3) is 0.750. The SMILES string of the molecule is CC.CC.CCC1OC(n2c3c([nH]c2=O)C(N)=NCN3)C(O)C1C. The Labute approximate surface area is 143 Å². The molecule has 0 saturated carbocycles. The summed E-state index contributed by atoms with van der Waals surface area (Å²) in [7, 11) is 0. The number of imidazole rings is 1. The monoisotopic (exact) mass is 341 g/mol. The molecule has 8 heteroatoms. The largest absolute Gasteiger partial charge is 0.388 e. The fourth-order valence-corrected chi connectivity index (χ4v) is 2.87. The van der Waals surface area contributed by atoms with Gasteiger partial charge in [-0.1, -0.05) is 41.5 Å². The van der Waals surface area contributed by atoms with Gasteiger partial charge in [-0.25, -0.2) is 14.4 Å². The van der Waals surface area contributed by atoms with Crippen molar-refractivity contribution in [3.8, 4) is 0 Å². The van der Waals surface area contributed by atoms with Gasteiger partial charge >= 0.3 is 5.69 Å². The van der Waals surface area contributed by atoms with Gasteiger partial charge in [0.25, 0.3) is 0 Å². The van der Waals surface area contributed by atoms with Crippen LogP contribution >= 0.6 is 0 Å². The molecule has 0 bridgehead atoms. The molecule has 5 N–H and O–H groups in total. The molecule has 0 amide bonds. The fourth-order valence-electron chi connectivity index (χ4n) is 2.87. The van der Waals surface area contributed by atoms with E-state index in [1.165, 1.54) is 4.57 Å². The van der Waals surface area contributed by atoms with Crippen molar-refractivity contribution >= 4 is 11.7 Å². The average Bonchev–Trinajstić information content (AvgIpc) is 3.09. The minimum absolute atomic E-state index is 0.0305. The Hall–Kier alpha value is -1.80. The lowest BCUT2D eigenvalue weighted by atomic mass is 9.99. The number of nitrogens with zero attached hydrogens (tertiary/aromatic N) is 2. The van der Waals surface area contributed by atoms with E-state index in [2.05, 4.69) is 15.3 Å². The number of aromatic amines is 1. The highest BCUT2D eigenvalue weighted by Crippen LogP contribution is 2.36. The Morgan fingerprint density at radius 1 is 1.38 bits per heavy atom. The molecule has 2 aliphatic rings. The molecule has 1 aromatic heterocycles. The van der Waals surface area contributed by atoms with Crippen LogP contribution in [0.2, 0.25) is 0 Å². The van der Waals surface area contributed by atoms with E-state index in [1.54, 1.807) is 0 Å². The summed E-state index contributed by atoms with van der Waals surface area (Å²) in [5.74, 6) is 0.773. The molecule has 0 aromatic carbocycles. The molecule has 138 valence electrons. The van der Waals surface area contributed by atoms with Gasteiger partial charge in [-0.3, -0.25) is 0 Å². The van der Waals surface area contributed by atoms with Crippen LogP contribution in [0, 0.1) is 5.92 Å². The Bertz CT molecular complexity index is 607. The molecule has 1 saturated heterocycles. The van der Waals surface area contributed by atoms with Crippen molar-refractivity contribution in [2.24, 2.45) is 16.6 Å². The maximum atomic E-state index is 12.2. The second-order valence-electron chi connectivity index (χ2n) is 5.23. The van der Waals surface area contributed by atoms with Crippen LogP contribution in [0.3, 0.4) is 0 Å². The first kappa shape index (κ1) is 20.2. The Morgan fingerprint density at radius 3 is 2.54 bits per heavy atom. The van der Waals surface area contributed by atoms with Crippen molar-refractivity contribution in [3.63, 3.8) is 0 Å². The van der Waals surface area contributed by atoms with Gasteiger partial charge in [-0.05, 0) is 6.42 Å². The molecular formula is C16H31N5O3. The minimum atomic E-state index is -0.737. The van der Waals surface area contributed by atoms with E-state index in [9.17, 15) is 9.90 Å². The number of ether oxygens (including phenoxy) is 1. The van der Waals surface area contributed by atoms with E-state index < -0.39 is 12.3 Å². The smallest absolute Gasteiger partial charge is 0.329 e. The van der Waals surface area contributed by atoms with Crippen molar-refractivity contribution in [1.82, 2.24) is 9.55 Å². The Morgan fingerprint density at radius 2 is 2.00 bits per heavy atom. The molecule has 4 unspecified atom stereocenters. The number of nitrogens with one attached hydrogen (secondary N) is 2. The van der Waals surface area contributed by atoms with Gasteiger partial charge in [-0.15, -0.1) is 0 Å². The van der Waals surface area contributed by atoms with Crippen molar-refractivity contribution < 1.29 is 9.84 Å². The van der Waals surface area contributed by atoms with Gasteiger partial charge in [0.2, 0.25) is 0 Å². The zero-order chi connectivity index (χ0) is 18.4. The maximum absolute atomic E-state index is 12.2. The standard InChI is InChI=1S/C12H19N5O3.2C2H6/c1-3-6-5(2)8(18)11(20-6)17-10-7(16-12(17)19)9(13)14-4-15-10;2*1-2/h5-6,8,11,15,18H,3-4H2,1-2H3,(H2,13,14)(H,16,19);2*1-2H3. The van der Waals surface area contributed by atoms with Gasteiger partial charge in [0, 0.05) is 5.92 Å². The molecular weight excluding hydrogens is 310 g/mol. The summed E-state index contributed by atoms with van der Waals surface area (Å²) >= 11 is 0. The number of rotatable bonds is 2. The molecule has 3 heterocycles. The normalized spacial score (nSPS) is 27.7. The number of anilines is 1. The van der Waals surface area contributed by atoms with Crippen LogP contribution < -0.4 is 16.7 Å². The number of amidine groups is 1. The van der Waals surface area contributed by atoms with Gasteiger partial charge in [-0.2, -0.15) is 0 Å². The molecule has 3 rings (SSSR count). The van der Waals surface area contributed by atoms with Gasteiger partial charge < -0.3 is 25.9 Å². The molecule has 4 atom stereocenters. The molecule has 2 aliphatic heterocycles. The molecule has 0 spiro atoms. The Kier molecular flexibility index (Phi) is 7.50. The first-order valence-electron chi connectivity index (χ1n) is 8.76. The number of fused-ring (bicyclic) bond motifs is 1. The molecule has 8 nitrogen and oxygen atoms in total. The summed E-state index contributed by atoms with van der Waals surface area (Å²) in [6.07, 6.45) is -0.727. The first-order chi connectivity index (χ1) is 11.5. The van der Waals surface area contributed by atoms with E-state index in [0.717, 1.165) is 6.42 Å². The minimum Gasteiger partial charge on any atom is -0.388 e. The predicted molar refractivity (Wildman–Crippen MR) is 96.3 cm³/mol. The van der Waals surface area contributed by atoms with Crippen LogP contribution in [-0.4, -0.2) is 39.4 Å². The lowest BCUT2D eigenvalue weighted by Crippen LogP contribution is -2.32. The molecule has 0 aliphatic carbocycles. The molecule has 1 aromatic rings. The van der Waals surface area contributed by atoms with E-state index in [0.29, 0.717) is 18.2 Å². The molecule has 0 radical (unpaired) electrons. The lowest BCUT2D eigenvalue weighted by Gasteiger charge is -2.20. The van der Waals surface area contributed by atoms with Crippen LogP contribution in [0.5, 0.6) is 0 Å². The van der Waals surface area contributed by atoms with Crippen molar-refractivity contribution in [2.75, 3.05) is 12.0 Å². The van der Waals surface area contributed by atoms with E-state index >= 15 is 0 Å². The van der Waals surface area contributed by atoms with Gasteiger partial charge in [0.1, 0.15) is 30.1 Å². The van der Waals surface area contributed by atoms with Gasteiger partial charge in [0.05, 0.1) is 6.10 Å². The summed E-state index contributed by atoms with van der Waals surface area (Å²) < 4.78 is 7.23. The van der Waals surface area contributed by atoms with Crippen LogP contribution in [0.1, 0.15) is 59.9 Å². The topological polar surface area (TPSA) is 118 Å². The summed E-state index contributed by atoms with van der Waals surface area (Å²) in [5.41, 5.74) is 5.85. The number of aliphatic hydroxyl groups excluding tert-OH is 1. The van der Waals surface area contributed by atoms with Gasteiger partial charge in [0.15, 0.2) is 6.23 Å². The summed E-state index contributed by atoms with van der Waals surface area (Å²) in [6.45, 7) is 12.2. The highest BCUT2D eigenvalue weighted by molar-refractivity contribution is 6.01. The third-order valence-electron chi connectivity index (χ3n) is 4.07. The number of aliphatic imine (C=N–C) groups is 1. The lowest BCUT2D eigenvalue weighted by molar-refractivity contribution is -0.0382. The number of H-pyrrole nitrogens is 1. The van der Waals surface area contributed by atoms with Crippen LogP contribution in [0.15, 0.2) is 9.79 Å². The summed E-state index contributed by atoms with van der Waals surface area (Å²) in [4.78, 5) is 18.8. The van der Waals surface area contributed by atoms with E-state index in [4.69, 9.17) is 10.5 Å². The Balaban J connectivity index is 0.000000671. The zero-order valence-corrected chi connectivity index (χ0v) is 15.5. The molecule has 24 heavy (non-hydrogen) atoms. The first-order valence-corrected chi connectivity index (χ1v) is 8.76. The molecule has 1 fully saturated rings. The average molecular weight is 341 g/mol. The maximum Gasteiger partial charge on any atom is 0.329 e. The van der Waals surface area contributed by atoms with E-state index in [1.807, 2.05) is 41.5 Å². The van der Waals surface area contributed by atoms with Crippen molar-refractivity contribution in [1.29, 1.82) is 0 Å². The number of aliphatic hydroxyl groups is 1.